The van der Waals surface area contributed by atoms with E-state index in [-0.39, 0.29) is 0 Å². The van der Waals surface area contributed by atoms with Crippen LogP contribution in [0.3, 0.4) is 0 Å². The van der Waals surface area contributed by atoms with Crippen molar-refractivity contribution in [1.82, 2.24) is 29.9 Å². The van der Waals surface area contributed by atoms with Gasteiger partial charge in [-0.25, -0.2) is 14.6 Å². The Hall–Kier alpha value is -3.13. The number of nitrogens with zero attached hydrogens (tertiary/aromatic N) is 6. The van der Waals surface area contributed by atoms with Crippen LogP contribution in [0.4, 0.5) is 5.82 Å². The molecular weight excluding hydrogens is 318 g/mol. The SMILES string of the molecule is C[C@H](O)CNc1cnc2nnn(Cc3ccc4ncccc4c3)c2n1. The van der Waals surface area contributed by atoms with Gasteiger partial charge in [-0.05, 0) is 30.7 Å². The number of fused-ring (bicyclic) bond motifs is 2. The number of hydrogen-bond acceptors (Lipinski definition) is 7. The van der Waals surface area contributed by atoms with Crippen LogP contribution in [0.1, 0.15) is 12.5 Å². The average molecular weight is 335 g/mol. The maximum absolute atomic E-state index is 9.38. The Labute approximate surface area is 143 Å². The number of aliphatic hydroxyl groups is 1. The second-order valence-electron chi connectivity index (χ2n) is 5.91. The van der Waals surface area contributed by atoms with E-state index in [4.69, 9.17) is 0 Å². The molecule has 3 aromatic heterocycles. The molecule has 8 nitrogen and oxygen atoms in total. The molecule has 4 rings (SSSR count). The number of rotatable bonds is 5. The van der Waals surface area contributed by atoms with Crippen molar-refractivity contribution in [1.29, 1.82) is 0 Å². The molecule has 0 radical (unpaired) electrons. The predicted molar refractivity (Wildman–Crippen MR) is 94.1 cm³/mol. The molecule has 0 spiro atoms. The fourth-order valence-electron chi connectivity index (χ4n) is 2.60. The highest BCUT2D eigenvalue weighted by atomic mass is 16.3. The predicted octanol–water partition coefficient (Wildman–Crippen LogP) is 1.61. The quantitative estimate of drug-likeness (QED) is 0.571. The van der Waals surface area contributed by atoms with Crippen LogP contribution in [0.2, 0.25) is 0 Å². The molecule has 8 heteroatoms. The van der Waals surface area contributed by atoms with Crippen LogP contribution in [0, 0.1) is 0 Å². The van der Waals surface area contributed by atoms with Crippen molar-refractivity contribution in [2.75, 3.05) is 11.9 Å². The molecule has 1 atom stereocenters. The molecule has 3 heterocycles. The average Bonchev–Trinajstić information content (AvgIpc) is 3.02. The third-order valence-electron chi connectivity index (χ3n) is 3.81. The second-order valence-corrected chi connectivity index (χ2v) is 5.91. The minimum Gasteiger partial charge on any atom is -0.392 e. The van der Waals surface area contributed by atoms with Gasteiger partial charge < -0.3 is 10.4 Å². The van der Waals surface area contributed by atoms with E-state index in [1.54, 1.807) is 24.0 Å². The number of nitrogens with one attached hydrogen (secondary N) is 1. The Morgan fingerprint density at radius 2 is 2.16 bits per heavy atom. The Morgan fingerprint density at radius 1 is 1.24 bits per heavy atom. The van der Waals surface area contributed by atoms with Crippen molar-refractivity contribution in [3.05, 3.63) is 48.3 Å². The smallest absolute Gasteiger partial charge is 0.221 e. The molecular formula is C17H17N7O. The highest BCUT2D eigenvalue weighted by molar-refractivity contribution is 5.79. The van der Waals surface area contributed by atoms with E-state index < -0.39 is 6.10 Å². The van der Waals surface area contributed by atoms with Crippen LogP contribution in [-0.2, 0) is 6.54 Å². The summed E-state index contributed by atoms with van der Waals surface area (Å²) in [6, 6.07) is 10.0. The fourth-order valence-corrected chi connectivity index (χ4v) is 2.60. The van der Waals surface area contributed by atoms with Crippen molar-refractivity contribution in [2.45, 2.75) is 19.6 Å². The monoisotopic (exact) mass is 335 g/mol. The summed E-state index contributed by atoms with van der Waals surface area (Å²) in [4.78, 5) is 13.1. The summed E-state index contributed by atoms with van der Waals surface area (Å²) in [7, 11) is 0. The molecule has 0 fully saturated rings. The molecule has 0 aliphatic heterocycles. The molecule has 0 saturated heterocycles. The first-order valence-electron chi connectivity index (χ1n) is 8.01. The lowest BCUT2D eigenvalue weighted by molar-refractivity contribution is 0.208. The third-order valence-corrected chi connectivity index (χ3v) is 3.81. The zero-order valence-corrected chi connectivity index (χ0v) is 13.7. The van der Waals surface area contributed by atoms with Gasteiger partial charge in [0.1, 0.15) is 5.82 Å². The summed E-state index contributed by atoms with van der Waals surface area (Å²) in [6.07, 6.45) is 2.90. The van der Waals surface area contributed by atoms with Crippen LogP contribution in [0.25, 0.3) is 22.2 Å². The van der Waals surface area contributed by atoms with E-state index in [0.29, 0.717) is 30.2 Å². The summed E-state index contributed by atoms with van der Waals surface area (Å²) < 4.78 is 1.72. The van der Waals surface area contributed by atoms with Crippen molar-refractivity contribution in [2.24, 2.45) is 0 Å². The zero-order chi connectivity index (χ0) is 17.2. The minimum atomic E-state index is -0.466. The van der Waals surface area contributed by atoms with Crippen molar-refractivity contribution in [3.8, 4) is 0 Å². The van der Waals surface area contributed by atoms with Crippen molar-refractivity contribution in [3.63, 3.8) is 0 Å². The van der Waals surface area contributed by atoms with Crippen LogP contribution >= 0.6 is 0 Å². The second kappa shape index (κ2) is 6.40. The number of anilines is 1. The molecule has 4 aromatic rings. The molecule has 0 amide bonds. The Morgan fingerprint density at radius 3 is 3.04 bits per heavy atom. The first kappa shape index (κ1) is 15.4. The Balaban J connectivity index is 1.64. The van der Waals surface area contributed by atoms with Gasteiger partial charge in [-0.3, -0.25) is 4.98 Å². The molecule has 0 bridgehead atoms. The van der Waals surface area contributed by atoms with Gasteiger partial charge in [0.2, 0.25) is 5.65 Å². The Kier molecular flexibility index (Phi) is 3.95. The lowest BCUT2D eigenvalue weighted by Gasteiger charge is -2.07. The summed E-state index contributed by atoms with van der Waals surface area (Å²) in [6.45, 7) is 2.65. The maximum atomic E-state index is 9.38. The number of pyridine rings is 1. The number of aromatic nitrogens is 6. The van der Waals surface area contributed by atoms with E-state index in [1.807, 2.05) is 24.3 Å². The first-order valence-corrected chi connectivity index (χ1v) is 8.01. The number of aliphatic hydroxyl groups excluding tert-OH is 1. The Bertz CT molecular complexity index is 1030. The largest absolute Gasteiger partial charge is 0.392 e. The lowest BCUT2D eigenvalue weighted by Crippen LogP contribution is -2.16. The standard InChI is InChI=1S/C17H17N7O/c1-11(25)8-19-15-9-20-16-17(21-15)24(23-22-16)10-12-4-5-14-13(7-12)3-2-6-18-14/h2-7,9,11,25H,8,10H2,1H3,(H,19,21)/t11-/m0/s1. The summed E-state index contributed by atoms with van der Waals surface area (Å²) >= 11 is 0. The van der Waals surface area contributed by atoms with Crippen LogP contribution in [-0.4, -0.2) is 47.7 Å². The van der Waals surface area contributed by atoms with Gasteiger partial charge >= 0.3 is 0 Å². The molecule has 0 aliphatic rings. The highest BCUT2D eigenvalue weighted by Gasteiger charge is 2.10. The van der Waals surface area contributed by atoms with Crippen LogP contribution in [0.5, 0.6) is 0 Å². The molecule has 1 aromatic carbocycles. The van der Waals surface area contributed by atoms with Gasteiger partial charge in [0.05, 0.1) is 24.4 Å². The topological polar surface area (TPSA) is 102 Å². The maximum Gasteiger partial charge on any atom is 0.221 e. The zero-order valence-electron chi connectivity index (χ0n) is 13.7. The van der Waals surface area contributed by atoms with Crippen LogP contribution in [0.15, 0.2) is 42.7 Å². The summed E-state index contributed by atoms with van der Waals surface area (Å²) in [5.74, 6) is 0.583. The minimum absolute atomic E-state index is 0.402. The summed E-state index contributed by atoms with van der Waals surface area (Å²) in [5, 5.41) is 21.7. The molecule has 25 heavy (non-hydrogen) atoms. The van der Waals surface area contributed by atoms with Gasteiger partial charge in [0.15, 0.2) is 5.65 Å². The van der Waals surface area contributed by atoms with Crippen molar-refractivity contribution < 1.29 is 5.11 Å². The lowest BCUT2D eigenvalue weighted by atomic mass is 10.1. The number of hydrogen-bond donors (Lipinski definition) is 2. The van der Waals surface area contributed by atoms with Gasteiger partial charge in [-0.15, -0.1) is 5.10 Å². The number of benzene rings is 1. The van der Waals surface area contributed by atoms with E-state index in [1.165, 1.54) is 0 Å². The van der Waals surface area contributed by atoms with Gasteiger partial charge in [-0.1, -0.05) is 17.3 Å². The summed E-state index contributed by atoms with van der Waals surface area (Å²) in [5.41, 5.74) is 3.13. The van der Waals surface area contributed by atoms with Crippen LogP contribution < -0.4 is 5.32 Å². The molecule has 0 saturated carbocycles. The van der Waals surface area contributed by atoms with E-state index in [0.717, 1.165) is 16.5 Å². The fraction of sp³-hybridized carbons (Fsp3) is 0.235. The first-order chi connectivity index (χ1) is 12.2. The normalized spacial score (nSPS) is 12.6. The molecule has 0 aliphatic carbocycles. The molecule has 126 valence electrons. The van der Waals surface area contributed by atoms with E-state index in [2.05, 4.69) is 36.6 Å². The van der Waals surface area contributed by atoms with Gasteiger partial charge in [0.25, 0.3) is 0 Å². The van der Waals surface area contributed by atoms with Gasteiger partial charge in [-0.2, -0.15) is 0 Å². The highest BCUT2D eigenvalue weighted by Crippen LogP contribution is 2.16. The van der Waals surface area contributed by atoms with E-state index in [9.17, 15) is 5.11 Å². The van der Waals surface area contributed by atoms with Gasteiger partial charge in [0, 0.05) is 18.1 Å². The van der Waals surface area contributed by atoms with Crippen molar-refractivity contribution >= 4 is 28.0 Å². The third kappa shape index (κ3) is 3.24. The molecule has 2 N–H and O–H groups in total. The van der Waals surface area contributed by atoms with E-state index >= 15 is 0 Å². The molecule has 0 unspecified atom stereocenters.